The van der Waals surface area contributed by atoms with E-state index in [9.17, 15) is 0 Å². The van der Waals surface area contributed by atoms with Crippen molar-refractivity contribution in [3.05, 3.63) is 29.8 Å². The number of para-hydroxylation sites is 1. The summed E-state index contributed by atoms with van der Waals surface area (Å²) < 4.78 is 5.90. The maximum absolute atomic E-state index is 5.90. The van der Waals surface area contributed by atoms with Crippen LogP contribution in [0.2, 0.25) is 0 Å². The molecule has 0 fully saturated rings. The molecule has 1 aliphatic rings. The van der Waals surface area contributed by atoms with E-state index in [1.54, 1.807) is 0 Å². The summed E-state index contributed by atoms with van der Waals surface area (Å²) in [6.45, 7) is 2.85. The van der Waals surface area contributed by atoms with Crippen molar-refractivity contribution in [3.63, 3.8) is 0 Å². The van der Waals surface area contributed by atoms with E-state index in [2.05, 4.69) is 54.5 Å². The number of hydrogen-bond acceptors (Lipinski definition) is 4. The van der Waals surface area contributed by atoms with Gasteiger partial charge < -0.3 is 15.0 Å². The van der Waals surface area contributed by atoms with Gasteiger partial charge in [0.2, 0.25) is 0 Å². The SMILES string of the molecule is CNC1c2ccccc2OCC1N(C)CCN(C)C. The molecule has 2 atom stereocenters. The smallest absolute Gasteiger partial charge is 0.124 e. The molecule has 19 heavy (non-hydrogen) atoms. The highest BCUT2D eigenvalue weighted by molar-refractivity contribution is 5.38. The van der Waals surface area contributed by atoms with Crippen LogP contribution in [0.3, 0.4) is 0 Å². The van der Waals surface area contributed by atoms with E-state index in [1.807, 2.05) is 13.1 Å². The van der Waals surface area contributed by atoms with Gasteiger partial charge in [-0.3, -0.25) is 4.90 Å². The molecule has 0 aliphatic carbocycles. The minimum Gasteiger partial charge on any atom is -0.492 e. The third kappa shape index (κ3) is 3.26. The fraction of sp³-hybridized carbons (Fsp3) is 0.600. The molecular formula is C15H25N3O. The summed E-state index contributed by atoms with van der Waals surface area (Å²) in [5.74, 6) is 1.01. The average Bonchev–Trinajstić information content (AvgIpc) is 2.43. The van der Waals surface area contributed by atoms with E-state index in [4.69, 9.17) is 4.74 Å². The van der Waals surface area contributed by atoms with Crippen LogP contribution in [-0.4, -0.2) is 63.7 Å². The van der Waals surface area contributed by atoms with Gasteiger partial charge in [-0.2, -0.15) is 0 Å². The molecule has 1 aromatic carbocycles. The van der Waals surface area contributed by atoms with Gasteiger partial charge in [0, 0.05) is 18.7 Å². The zero-order chi connectivity index (χ0) is 13.8. The van der Waals surface area contributed by atoms with E-state index < -0.39 is 0 Å². The topological polar surface area (TPSA) is 27.7 Å². The Balaban J connectivity index is 2.10. The lowest BCUT2D eigenvalue weighted by atomic mass is 9.95. The summed E-state index contributed by atoms with van der Waals surface area (Å²) >= 11 is 0. The van der Waals surface area contributed by atoms with Crippen molar-refractivity contribution < 1.29 is 4.74 Å². The Kier molecular flexibility index (Phi) is 4.80. The fourth-order valence-corrected chi connectivity index (χ4v) is 2.60. The molecule has 1 aliphatic heterocycles. The van der Waals surface area contributed by atoms with Crippen molar-refractivity contribution in [2.75, 3.05) is 47.9 Å². The van der Waals surface area contributed by atoms with Crippen LogP contribution < -0.4 is 10.1 Å². The predicted octanol–water partition coefficient (Wildman–Crippen LogP) is 1.20. The van der Waals surface area contributed by atoms with Gasteiger partial charge in [0.1, 0.15) is 12.4 Å². The number of nitrogens with one attached hydrogen (secondary N) is 1. The van der Waals surface area contributed by atoms with Crippen molar-refractivity contribution in [2.24, 2.45) is 0 Å². The van der Waals surface area contributed by atoms with Gasteiger partial charge in [-0.1, -0.05) is 18.2 Å². The first kappa shape index (κ1) is 14.3. The van der Waals surface area contributed by atoms with Crippen molar-refractivity contribution >= 4 is 0 Å². The standard InChI is InChI=1S/C15H25N3O/c1-16-15-12-7-5-6-8-14(12)19-11-13(15)18(4)10-9-17(2)3/h5-8,13,15-16H,9-11H2,1-4H3. The van der Waals surface area contributed by atoms with Crippen LogP contribution in [0.5, 0.6) is 5.75 Å². The molecule has 0 amide bonds. The molecule has 1 N–H and O–H groups in total. The molecule has 4 heteroatoms. The number of ether oxygens (including phenoxy) is 1. The molecule has 4 nitrogen and oxygen atoms in total. The Labute approximate surface area is 116 Å². The maximum atomic E-state index is 5.90. The predicted molar refractivity (Wildman–Crippen MR) is 78.7 cm³/mol. The van der Waals surface area contributed by atoms with E-state index in [1.165, 1.54) is 5.56 Å². The largest absolute Gasteiger partial charge is 0.492 e. The Bertz CT molecular complexity index is 408. The van der Waals surface area contributed by atoms with E-state index in [0.717, 1.165) is 25.4 Å². The lowest BCUT2D eigenvalue weighted by Gasteiger charge is -2.39. The first-order chi connectivity index (χ1) is 9.13. The Morgan fingerprint density at radius 2 is 1.95 bits per heavy atom. The monoisotopic (exact) mass is 263 g/mol. The second-order valence-electron chi connectivity index (χ2n) is 5.47. The Morgan fingerprint density at radius 1 is 1.21 bits per heavy atom. The fourth-order valence-electron chi connectivity index (χ4n) is 2.60. The minimum atomic E-state index is 0.331. The molecule has 2 rings (SSSR count). The molecule has 1 heterocycles. The first-order valence-corrected chi connectivity index (χ1v) is 6.87. The van der Waals surface area contributed by atoms with Crippen LogP contribution >= 0.6 is 0 Å². The van der Waals surface area contributed by atoms with Gasteiger partial charge in [0.15, 0.2) is 0 Å². The molecule has 106 valence electrons. The summed E-state index contributed by atoms with van der Waals surface area (Å²) in [6.07, 6.45) is 0. The molecule has 0 aromatic heterocycles. The zero-order valence-corrected chi connectivity index (χ0v) is 12.4. The van der Waals surface area contributed by atoms with Crippen molar-refractivity contribution in [1.29, 1.82) is 0 Å². The number of rotatable bonds is 5. The van der Waals surface area contributed by atoms with E-state index in [-0.39, 0.29) is 0 Å². The highest BCUT2D eigenvalue weighted by Gasteiger charge is 2.32. The Hall–Kier alpha value is -1.10. The van der Waals surface area contributed by atoms with Crippen LogP contribution in [0.4, 0.5) is 0 Å². The van der Waals surface area contributed by atoms with Crippen molar-refractivity contribution in [2.45, 2.75) is 12.1 Å². The number of nitrogens with zero attached hydrogens (tertiary/aromatic N) is 2. The maximum Gasteiger partial charge on any atom is 0.124 e. The Morgan fingerprint density at radius 3 is 2.63 bits per heavy atom. The van der Waals surface area contributed by atoms with Gasteiger partial charge in [-0.15, -0.1) is 0 Å². The van der Waals surface area contributed by atoms with E-state index >= 15 is 0 Å². The number of likely N-dealkylation sites (N-methyl/N-ethyl adjacent to an activating group) is 3. The number of hydrogen-bond donors (Lipinski definition) is 1. The van der Waals surface area contributed by atoms with Crippen LogP contribution in [0.15, 0.2) is 24.3 Å². The average molecular weight is 263 g/mol. The van der Waals surface area contributed by atoms with Gasteiger partial charge in [0.25, 0.3) is 0 Å². The quantitative estimate of drug-likeness (QED) is 0.864. The molecule has 0 radical (unpaired) electrons. The third-order valence-corrected chi connectivity index (χ3v) is 3.83. The summed E-state index contributed by atoms with van der Waals surface area (Å²) in [6, 6.07) is 9.02. The number of benzene rings is 1. The van der Waals surface area contributed by atoms with Gasteiger partial charge >= 0.3 is 0 Å². The highest BCUT2D eigenvalue weighted by Crippen LogP contribution is 2.33. The third-order valence-electron chi connectivity index (χ3n) is 3.83. The van der Waals surface area contributed by atoms with Crippen LogP contribution in [0.1, 0.15) is 11.6 Å². The van der Waals surface area contributed by atoms with Gasteiger partial charge in [-0.05, 0) is 34.3 Å². The summed E-state index contributed by atoms with van der Waals surface area (Å²) in [5.41, 5.74) is 1.26. The van der Waals surface area contributed by atoms with Gasteiger partial charge in [-0.25, -0.2) is 0 Å². The second-order valence-corrected chi connectivity index (χ2v) is 5.47. The van der Waals surface area contributed by atoms with Crippen LogP contribution in [0.25, 0.3) is 0 Å². The molecule has 0 saturated heterocycles. The second kappa shape index (κ2) is 6.37. The minimum absolute atomic E-state index is 0.331. The first-order valence-electron chi connectivity index (χ1n) is 6.87. The lowest BCUT2D eigenvalue weighted by Crippen LogP contribution is -2.49. The zero-order valence-electron chi connectivity index (χ0n) is 12.4. The normalized spacial score (nSPS) is 22.4. The lowest BCUT2D eigenvalue weighted by molar-refractivity contribution is 0.103. The highest BCUT2D eigenvalue weighted by atomic mass is 16.5. The molecule has 1 aromatic rings. The molecular weight excluding hydrogens is 238 g/mol. The van der Waals surface area contributed by atoms with Crippen molar-refractivity contribution in [3.8, 4) is 5.75 Å². The van der Waals surface area contributed by atoms with Crippen LogP contribution in [-0.2, 0) is 0 Å². The summed E-state index contributed by atoms with van der Waals surface area (Å²) in [7, 11) is 8.42. The van der Waals surface area contributed by atoms with Crippen LogP contribution in [0, 0.1) is 0 Å². The molecule has 2 unspecified atom stereocenters. The van der Waals surface area contributed by atoms with E-state index in [0.29, 0.717) is 12.1 Å². The van der Waals surface area contributed by atoms with Crippen molar-refractivity contribution in [1.82, 2.24) is 15.1 Å². The summed E-state index contributed by atoms with van der Waals surface area (Å²) in [4.78, 5) is 4.60. The molecule has 0 saturated carbocycles. The number of fused-ring (bicyclic) bond motifs is 1. The molecule has 0 bridgehead atoms. The summed E-state index contributed by atoms with van der Waals surface area (Å²) in [5, 5.41) is 3.44. The van der Waals surface area contributed by atoms with Gasteiger partial charge in [0.05, 0.1) is 12.1 Å². The molecule has 0 spiro atoms.